The molecule has 19 nitrogen and oxygen atoms in total. The molecule has 0 aromatic carbocycles. The molecule has 9 N–H and O–H groups in total. The fourth-order valence-corrected chi connectivity index (χ4v) is 19.4. The van der Waals surface area contributed by atoms with Crippen molar-refractivity contribution in [2.75, 3.05) is 19.8 Å². The van der Waals surface area contributed by atoms with E-state index >= 15 is 0 Å². The van der Waals surface area contributed by atoms with E-state index in [9.17, 15) is 67.2 Å². The number of phosphoric acid groups is 2. The van der Waals surface area contributed by atoms with Gasteiger partial charge in [-0.25, -0.2) is 9.13 Å². The molecule has 2 fully saturated rings. The van der Waals surface area contributed by atoms with Gasteiger partial charge in [-0.05, 0) is 415 Å². The number of allylic oxidation sites excluding steroid dienone is 40. The SMILES string of the molecule is CC(=O)N[C@H]1[C@H](O[C@H]2[C@H](O)[C@@H](NC(=O)C(F)(F)F)[C@@H](OP(=O)(O)OP(=O)(O)OCC[C@@H](C)CC/C=C(/C)CC/C=C(/C)CC/C=C(/C)CC/C=C(/C)CC/C=C(/C)CC/C=C(/C)CC/C=C(/C)CC/C=C(/C)CC/C=C(/C)CC/C=C(/C)CC/C=C(/C)CC/C=C(/C)CC/C=C(/C)CC/C=C(/C)CC/C=C(/C)CC/C=C(/C)CC/C=C(/C)CC/C=C(\C)CC/C=C(\C)CCC=C(C)C)O[C@@H]2CO)O[C@H](CO)[C@@H](O)[C@@H]1O. The Morgan fingerprint density at radius 2 is 0.545 bits per heavy atom. The number of rotatable bonds is 74. The topological polar surface area (TPSA) is 289 Å². The van der Waals surface area contributed by atoms with Gasteiger partial charge >= 0.3 is 27.7 Å². The Morgan fingerprint density at radius 3 is 0.772 bits per heavy atom. The Morgan fingerprint density at radius 1 is 0.317 bits per heavy atom. The summed E-state index contributed by atoms with van der Waals surface area (Å²) in [6.07, 6.45) is 69.8. The van der Waals surface area contributed by atoms with Crippen LogP contribution in [0.5, 0.6) is 0 Å². The zero-order chi connectivity index (χ0) is 108. The maximum Gasteiger partial charge on any atom is 0.483 e. The average Bonchev–Trinajstić information content (AvgIpc) is 0.768. The minimum absolute atomic E-state index is 0.0671. The van der Waals surface area contributed by atoms with Crippen molar-refractivity contribution in [3.63, 3.8) is 0 Å². The van der Waals surface area contributed by atoms with Crippen molar-refractivity contribution < 1.29 is 94.8 Å². The number of alkyl halides is 3. The third kappa shape index (κ3) is 67.4. The molecule has 0 aromatic heterocycles. The van der Waals surface area contributed by atoms with Gasteiger partial charge in [0, 0.05) is 6.92 Å². The minimum Gasteiger partial charge on any atom is -0.394 e. The van der Waals surface area contributed by atoms with Crippen LogP contribution in [-0.2, 0) is 46.3 Å². The summed E-state index contributed by atoms with van der Waals surface area (Å²) in [6.45, 7) is 47.8. The standard InChI is InChI=1S/C121H197F3N2O17P2/c1-88(2)44-24-45-89(3)46-25-47-90(4)48-26-49-91(5)50-27-51-92(6)52-28-53-93(7)54-29-55-94(8)56-30-57-95(9)58-31-59-96(10)60-32-61-97(11)62-33-63-98(12)64-34-65-99(13)66-35-67-100(14)68-36-69-101(15)70-37-71-102(16)72-38-73-103(17)74-39-75-104(18)76-40-77-105(19)78-41-79-106(20)80-42-81-107(21)82-43-83-108(22)84-85-138-144(134,135)143-145(136,137)142-119-113(126-120(133)121(122,123)124)116(132)117(111(87-128)140-119)141-118-112(125-109(23)129)115(131)114(130)110(86-127)139-118/h44,46,48,50,52,54,56,58,60,62,64,66,68,70,72,74,76,78,80,82,108,110-119,127-128,130-132H,24-43,45,47,49,51,53,55,57,59,61,63,65,67,69,71,73,75,77,79,81,83-87H2,1-23H3,(H,125,129)(H,126,133)(H,134,135)(H,136,137)/b89-46+,90-48+,91-50-,92-52-,93-54-,94-56-,95-58-,96-60-,97-62-,98-64-,99-66-,100-68-,101-70-,102-72-,103-74-,104-76-,105-78-,106-80-,107-82-/t108-,110+,111+,112+,113+,114+,115+,116+,117+,118-,119+/m0/s1. The molecule has 2 rings (SSSR count). The van der Waals surface area contributed by atoms with Crippen LogP contribution >= 0.6 is 15.6 Å². The predicted octanol–water partition coefficient (Wildman–Crippen LogP) is 32.3. The van der Waals surface area contributed by atoms with Crippen molar-refractivity contribution in [1.82, 2.24) is 10.6 Å². The highest BCUT2D eigenvalue weighted by atomic mass is 31.3. The lowest BCUT2D eigenvalue weighted by molar-refractivity contribution is -0.326. The number of hydrogen-bond acceptors (Lipinski definition) is 15. The lowest BCUT2D eigenvalue weighted by atomic mass is 9.94. The summed E-state index contributed by atoms with van der Waals surface area (Å²) in [5.41, 5.74) is 29.3. The molecule has 0 spiro atoms. The van der Waals surface area contributed by atoms with E-state index in [0.29, 0.717) is 12.8 Å². The van der Waals surface area contributed by atoms with Gasteiger partial charge in [0.05, 0.1) is 19.8 Å². The van der Waals surface area contributed by atoms with E-state index in [2.05, 4.69) is 277 Å². The fourth-order valence-electron chi connectivity index (χ4n) is 17.2. The maximum atomic E-state index is 13.6. The van der Waals surface area contributed by atoms with E-state index in [1.54, 1.807) is 0 Å². The Bertz CT molecular complexity index is 4580. The van der Waals surface area contributed by atoms with E-state index in [0.717, 1.165) is 238 Å². The van der Waals surface area contributed by atoms with E-state index in [1.165, 1.54) is 130 Å². The van der Waals surface area contributed by atoms with Gasteiger partial charge in [0.15, 0.2) is 12.6 Å². The summed E-state index contributed by atoms with van der Waals surface area (Å²) < 4.78 is 97.4. The molecule has 0 aliphatic carbocycles. The van der Waals surface area contributed by atoms with Crippen molar-refractivity contribution in [1.29, 1.82) is 0 Å². The van der Waals surface area contributed by atoms with Gasteiger partial charge in [-0.3, -0.25) is 18.6 Å². The van der Waals surface area contributed by atoms with E-state index < -0.39 is 115 Å². The zero-order valence-corrected chi connectivity index (χ0v) is 95.5. The number of hydrogen-bond donors (Lipinski definition) is 9. The first-order chi connectivity index (χ1) is 68.5. The Balaban J connectivity index is 1.60. The second kappa shape index (κ2) is 76.9. The lowest BCUT2D eigenvalue weighted by Gasteiger charge is -2.48. The number of nitrogens with one attached hydrogen (secondary N) is 2. The van der Waals surface area contributed by atoms with Crippen LogP contribution in [0.25, 0.3) is 0 Å². The number of halogens is 3. The van der Waals surface area contributed by atoms with Crippen LogP contribution in [-0.4, -0.2) is 134 Å². The van der Waals surface area contributed by atoms with Crippen molar-refractivity contribution in [3.05, 3.63) is 233 Å². The van der Waals surface area contributed by atoms with Crippen LogP contribution in [0.3, 0.4) is 0 Å². The van der Waals surface area contributed by atoms with E-state index in [1.807, 2.05) is 6.92 Å². The first-order valence-electron chi connectivity index (χ1n) is 54.2. The Kier molecular flexibility index (Phi) is 71.3. The zero-order valence-electron chi connectivity index (χ0n) is 93.8. The Labute approximate surface area is 876 Å². The quantitative estimate of drug-likeness (QED) is 0.0202. The highest BCUT2D eigenvalue weighted by Gasteiger charge is 2.55. The number of carbonyl (C=O) groups excluding carboxylic acids is 2. The van der Waals surface area contributed by atoms with Gasteiger partial charge in [0.25, 0.3) is 0 Å². The van der Waals surface area contributed by atoms with Crippen LogP contribution in [0.1, 0.15) is 422 Å². The Hall–Kier alpha value is -6.53. The molecule has 0 saturated carbocycles. The second-order valence-corrected chi connectivity index (χ2v) is 45.1. The highest BCUT2D eigenvalue weighted by Crippen LogP contribution is 2.61. The number of carbonyl (C=O) groups is 2. The average molecular weight is 2070 g/mol. The molecular formula is C121H197F3N2O17P2. The van der Waals surface area contributed by atoms with Crippen molar-refractivity contribution in [3.8, 4) is 0 Å². The van der Waals surface area contributed by atoms with Gasteiger partial charge in [-0.1, -0.05) is 240 Å². The molecule has 2 aliphatic heterocycles. The van der Waals surface area contributed by atoms with Gasteiger partial charge in [0.2, 0.25) is 5.91 Å². The lowest BCUT2D eigenvalue weighted by Crippen LogP contribution is -2.69. The molecule has 0 aromatic rings. The van der Waals surface area contributed by atoms with Crippen LogP contribution in [0, 0.1) is 5.92 Å². The first kappa shape index (κ1) is 135. The summed E-state index contributed by atoms with van der Waals surface area (Å²) >= 11 is 0. The number of phosphoric ester groups is 2. The van der Waals surface area contributed by atoms with Gasteiger partial charge in [-0.15, -0.1) is 0 Å². The van der Waals surface area contributed by atoms with Gasteiger partial charge in [-0.2, -0.15) is 17.5 Å². The van der Waals surface area contributed by atoms with Crippen LogP contribution in [0.2, 0.25) is 0 Å². The molecule has 2 saturated heterocycles. The summed E-state index contributed by atoms with van der Waals surface area (Å²) in [4.78, 5) is 45.2. The molecule has 824 valence electrons. The number of aliphatic hydroxyl groups is 5. The molecule has 2 heterocycles. The molecule has 0 bridgehead atoms. The molecule has 2 aliphatic rings. The van der Waals surface area contributed by atoms with Gasteiger partial charge in [0.1, 0.15) is 48.7 Å². The van der Waals surface area contributed by atoms with E-state index in [4.69, 9.17) is 23.3 Å². The summed E-state index contributed by atoms with van der Waals surface area (Å²) in [5, 5.41) is 56.0. The van der Waals surface area contributed by atoms with E-state index in [-0.39, 0.29) is 12.3 Å². The molecular weight excluding hydrogens is 1870 g/mol. The van der Waals surface area contributed by atoms with Crippen LogP contribution < -0.4 is 10.6 Å². The van der Waals surface area contributed by atoms with Crippen molar-refractivity contribution in [2.24, 2.45) is 5.92 Å². The number of aliphatic hydroxyl groups excluding tert-OH is 5. The normalized spacial score (nSPS) is 21.9. The fraction of sp³-hybridized carbons (Fsp3) is 0.653. The number of ether oxygens (including phenoxy) is 3. The smallest absolute Gasteiger partial charge is 0.394 e. The van der Waals surface area contributed by atoms with Crippen molar-refractivity contribution >= 4 is 27.5 Å². The first-order valence-corrected chi connectivity index (χ1v) is 57.2. The largest absolute Gasteiger partial charge is 0.483 e. The summed E-state index contributed by atoms with van der Waals surface area (Å²) in [6, 6.07) is -4.20. The predicted molar refractivity (Wildman–Crippen MR) is 597 cm³/mol. The second-order valence-electron chi connectivity index (χ2n) is 42.2. The molecule has 13 atom stereocenters. The molecule has 2 unspecified atom stereocenters. The third-order valence-electron chi connectivity index (χ3n) is 27.1. The van der Waals surface area contributed by atoms with Gasteiger partial charge < -0.3 is 60.2 Å². The summed E-state index contributed by atoms with van der Waals surface area (Å²) in [7, 11) is -11.4. The highest BCUT2D eigenvalue weighted by molar-refractivity contribution is 7.61. The molecule has 24 heteroatoms. The monoisotopic (exact) mass is 2070 g/mol. The number of amides is 2. The minimum atomic E-state index is -5.94. The van der Waals surface area contributed by atoms with Crippen LogP contribution in [0.4, 0.5) is 13.2 Å². The third-order valence-corrected chi connectivity index (χ3v) is 29.7. The molecule has 2 amide bonds. The molecule has 0 radical (unpaired) electrons. The molecule has 145 heavy (non-hydrogen) atoms. The summed E-state index contributed by atoms with van der Waals surface area (Å²) in [5.74, 6) is -3.60. The van der Waals surface area contributed by atoms with Crippen LogP contribution in [0.15, 0.2) is 233 Å². The maximum absolute atomic E-state index is 13.6. The van der Waals surface area contributed by atoms with Crippen molar-refractivity contribution in [2.45, 2.75) is 490 Å².